The Morgan fingerprint density at radius 1 is 1.32 bits per heavy atom. The van der Waals surface area contributed by atoms with E-state index in [-0.39, 0.29) is 11.4 Å². The normalized spacial score (nSPS) is 10.7. The molecule has 0 fully saturated rings. The van der Waals surface area contributed by atoms with Gasteiger partial charge in [-0.2, -0.15) is 0 Å². The van der Waals surface area contributed by atoms with Gasteiger partial charge in [0.1, 0.15) is 11.4 Å². The molecule has 19 heavy (non-hydrogen) atoms. The zero-order valence-corrected chi connectivity index (χ0v) is 11.8. The van der Waals surface area contributed by atoms with E-state index in [2.05, 4.69) is 5.16 Å². The number of amides is 1. The smallest absolute Gasteiger partial charge is 0.240 e. The van der Waals surface area contributed by atoms with Crippen LogP contribution in [0.4, 0.5) is 0 Å². The Bertz CT molecular complexity index is 661. The third-order valence-corrected chi connectivity index (χ3v) is 3.33. The van der Waals surface area contributed by atoms with Crippen LogP contribution in [0, 0.1) is 0 Å². The molecule has 0 spiro atoms. The quantitative estimate of drug-likeness (QED) is 0.928. The highest BCUT2D eigenvalue weighted by Crippen LogP contribution is 2.19. The zero-order chi connectivity index (χ0) is 14.5. The third-order valence-electron chi connectivity index (χ3n) is 2.08. The van der Waals surface area contributed by atoms with Crippen LogP contribution in [0.1, 0.15) is 26.5 Å². The Balaban J connectivity index is 0.000000861. The van der Waals surface area contributed by atoms with Crippen LogP contribution in [0.15, 0.2) is 28.8 Å². The summed E-state index contributed by atoms with van der Waals surface area (Å²) in [5.74, 6) is -1.01. The molecule has 0 saturated heterocycles. The van der Waals surface area contributed by atoms with Gasteiger partial charge in [0.15, 0.2) is 5.58 Å². The molecule has 2 aromatic rings. The number of nitrogens with zero attached hydrogens (tertiary/aromatic N) is 1. The van der Waals surface area contributed by atoms with Gasteiger partial charge in [-0.3, -0.25) is 9.52 Å². The second-order valence-corrected chi connectivity index (χ2v) is 5.27. The molecule has 7 heteroatoms. The van der Waals surface area contributed by atoms with E-state index < -0.39 is 15.9 Å². The fourth-order valence-corrected chi connectivity index (χ4v) is 2.56. The molecule has 1 N–H and O–H groups in total. The summed E-state index contributed by atoms with van der Waals surface area (Å²) in [5.41, 5.74) is 0.801. The zero-order valence-electron chi connectivity index (χ0n) is 11.0. The van der Waals surface area contributed by atoms with Crippen LogP contribution < -0.4 is 4.72 Å². The number of para-hydroxylation sites is 1. The lowest BCUT2D eigenvalue weighted by atomic mass is 10.2. The SMILES string of the molecule is CC.CC(=O)NS(=O)(=O)Cc1noc2ccccc12. The van der Waals surface area contributed by atoms with E-state index in [1.165, 1.54) is 0 Å². The van der Waals surface area contributed by atoms with Crippen molar-refractivity contribution in [3.05, 3.63) is 30.0 Å². The molecule has 0 unspecified atom stereocenters. The predicted octanol–water partition coefficient (Wildman–Crippen LogP) is 1.82. The van der Waals surface area contributed by atoms with Crippen molar-refractivity contribution in [3.8, 4) is 0 Å². The first-order valence-electron chi connectivity index (χ1n) is 5.82. The second kappa shape index (κ2) is 6.33. The van der Waals surface area contributed by atoms with E-state index in [0.717, 1.165) is 6.92 Å². The number of rotatable bonds is 3. The minimum absolute atomic E-state index is 0.286. The molecule has 0 bridgehead atoms. The van der Waals surface area contributed by atoms with Gasteiger partial charge in [0.05, 0.1) is 0 Å². The van der Waals surface area contributed by atoms with E-state index in [1.54, 1.807) is 24.3 Å². The minimum atomic E-state index is -3.72. The van der Waals surface area contributed by atoms with Crippen molar-refractivity contribution in [1.29, 1.82) is 0 Å². The van der Waals surface area contributed by atoms with Gasteiger partial charge < -0.3 is 4.52 Å². The number of hydrogen-bond donors (Lipinski definition) is 1. The van der Waals surface area contributed by atoms with Crippen molar-refractivity contribution < 1.29 is 17.7 Å². The predicted molar refractivity (Wildman–Crippen MR) is 71.8 cm³/mol. The van der Waals surface area contributed by atoms with Crippen molar-refractivity contribution >= 4 is 26.9 Å². The first-order valence-corrected chi connectivity index (χ1v) is 7.47. The fourth-order valence-electron chi connectivity index (χ4n) is 1.48. The Morgan fingerprint density at radius 3 is 2.58 bits per heavy atom. The summed E-state index contributed by atoms with van der Waals surface area (Å²) in [7, 11) is -3.72. The highest BCUT2D eigenvalue weighted by atomic mass is 32.2. The van der Waals surface area contributed by atoms with Crippen molar-refractivity contribution in [2.24, 2.45) is 0 Å². The number of benzene rings is 1. The van der Waals surface area contributed by atoms with Crippen molar-refractivity contribution in [2.75, 3.05) is 0 Å². The summed E-state index contributed by atoms with van der Waals surface area (Å²) in [6.07, 6.45) is 0. The van der Waals surface area contributed by atoms with Gasteiger partial charge in [-0.05, 0) is 12.1 Å². The number of sulfonamides is 1. The highest BCUT2D eigenvalue weighted by Gasteiger charge is 2.18. The number of fused-ring (bicyclic) bond motifs is 1. The summed E-state index contributed by atoms with van der Waals surface area (Å²) in [6.45, 7) is 5.14. The lowest BCUT2D eigenvalue weighted by Gasteiger charge is -2.01. The summed E-state index contributed by atoms with van der Waals surface area (Å²) < 4.78 is 29.9. The maximum absolute atomic E-state index is 11.5. The number of carbonyl (C=O) groups excluding carboxylic acids is 1. The van der Waals surface area contributed by atoms with Crippen LogP contribution >= 0.6 is 0 Å². The largest absolute Gasteiger partial charge is 0.356 e. The van der Waals surface area contributed by atoms with Crippen LogP contribution in [-0.2, 0) is 20.6 Å². The van der Waals surface area contributed by atoms with E-state index in [9.17, 15) is 13.2 Å². The molecule has 0 radical (unpaired) electrons. The molecule has 0 aliphatic rings. The summed E-state index contributed by atoms with van der Waals surface area (Å²) in [5, 5.41) is 4.31. The van der Waals surface area contributed by atoms with Gasteiger partial charge in [0, 0.05) is 12.3 Å². The minimum Gasteiger partial charge on any atom is -0.356 e. The Labute approximate surface area is 111 Å². The standard InChI is InChI=1S/C10H10N2O4S.C2H6/c1-7(13)12-17(14,15)6-9-8-4-2-3-5-10(8)16-11-9;1-2/h2-5H,6H2,1H3,(H,12,13);1-2H3. The molecule has 0 saturated carbocycles. The highest BCUT2D eigenvalue weighted by molar-refractivity contribution is 7.89. The molecule has 2 rings (SSSR count). The fraction of sp³-hybridized carbons (Fsp3) is 0.333. The average molecular weight is 284 g/mol. The van der Waals surface area contributed by atoms with Crippen LogP contribution in [0.25, 0.3) is 11.0 Å². The Hall–Kier alpha value is -1.89. The van der Waals surface area contributed by atoms with E-state index >= 15 is 0 Å². The van der Waals surface area contributed by atoms with Crippen LogP contribution in [0.5, 0.6) is 0 Å². The Morgan fingerprint density at radius 2 is 1.95 bits per heavy atom. The van der Waals surface area contributed by atoms with Crippen LogP contribution in [-0.4, -0.2) is 19.5 Å². The topological polar surface area (TPSA) is 89.3 Å². The van der Waals surface area contributed by atoms with Gasteiger partial charge in [-0.15, -0.1) is 0 Å². The molecule has 0 aliphatic heterocycles. The molecule has 1 aromatic carbocycles. The van der Waals surface area contributed by atoms with Crippen molar-refractivity contribution in [1.82, 2.24) is 9.88 Å². The number of hydrogen-bond acceptors (Lipinski definition) is 5. The van der Waals surface area contributed by atoms with Crippen LogP contribution in [0.2, 0.25) is 0 Å². The maximum atomic E-state index is 11.5. The van der Waals surface area contributed by atoms with Crippen molar-refractivity contribution in [2.45, 2.75) is 26.5 Å². The lowest BCUT2D eigenvalue weighted by Crippen LogP contribution is -2.29. The first-order chi connectivity index (χ1) is 8.98. The van der Waals surface area contributed by atoms with Gasteiger partial charge >= 0.3 is 0 Å². The van der Waals surface area contributed by atoms with E-state index in [4.69, 9.17) is 4.52 Å². The number of carbonyl (C=O) groups is 1. The van der Waals surface area contributed by atoms with Crippen molar-refractivity contribution in [3.63, 3.8) is 0 Å². The molecule has 0 aliphatic carbocycles. The second-order valence-electron chi connectivity index (χ2n) is 3.54. The van der Waals surface area contributed by atoms with Gasteiger partial charge in [0.25, 0.3) is 0 Å². The number of nitrogens with one attached hydrogen (secondary N) is 1. The molecule has 1 aromatic heterocycles. The maximum Gasteiger partial charge on any atom is 0.240 e. The molecule has 1 amide bonds. The Kier molecular flexibility index (Phi) is 5.05. The molecular weight excluding hydrogens is 268 g/mol. The lowest BCUT2D eigenvalue weighted by molar-refractivity contribution is -0.117. The van der Waals surface area contributed by atoms with E-state index in [0.29, 0.717) is 11.0 Å². The third kappa shape index (κ3) is 4.06. The molecule has 104 valence electrons. The molecule has 6 nitrogen and oxygen atoms in total. The van der Waals surface area contributed by atoms with Crippen LogP contribution in [0.3, 0.4) is 0 Å². The summed E-state index contributed by atoms with van der Waals surface area (Å²) in [6, 6.07) is 6.93. The van der Waals surface area contributed by atoms with Gasteiger partial charge in [-0.1, -0.05) is 31.1 Å². The average Bonchev–Trinajstić information content (AvgIpc) is 2.73. The monoisotopic (exact) mass is 284 g/mol. The van der Waals surface area contributed by atoms with E-state index in [1.807, 2.05) is 18.6 Å². The molecule has 0 atom stereocenters. The number of aromatic nitrogens is 1. The van der Waals surface area contributed by atoms with Gasteiger partial charge in [0.2, 0.25) is 15.9 Å². The molecule has 1 heterocycles. The first kappa shape index (κ1) is 15.2. The summed E-state index contributed by atoms with van der Waals surface area (Å²) >= 11 is 0. The summed E-state index contributed by atoms with van der Waals surface area (Å²) in [4.78, 5) is 10.7. The van der Waals surface area contributed by atoms with Gasteiger partial charge in [-0.25, -0.2) is 8.42 Å². The molecular formula is C12H16N2O4S.